The van der Waals surface area contributed by atoms with E-state index in [1.54, 1.807) is 0 Å². The largest absolute Gasteiger partial charge is 0.353 e. The van der Waals surface area contributed by atoms with E-state index in [1.165, 1.54) is 22.9 Å². The van der Waals surface area contributed by atoms with Crippen molar-refractivity contribution in [1.29, 1.82) is 0 Å². The Morgan fingerprint density at radius 3 is 2.19 bits per heavy atom. The summed E-state index contributed by atoms with van der Waals surface area (Å²) in [6.45, 7) is 12.9. The Bertz CT molecular complexity index is 1030. The predicted molar refractivity (Wildman–Crippen MR) is 133 cm³/mol. The Kier molecular flexibility index (Phi) is 7.77. The molecule has 3 aromatic rings. The van der Waals surface area contributed by atoms with Crippen molar-refractivity contribution in [3.8, 4) is 17.1 Å². The maximum Gasteiger partial charge on any atom is 0.230 e. The van der Waals surface area contributed by atoms with Gasteiger partial charge in [-0.05, 0) is 42.9 Å². The lowest BCUT2D eigenvalue weighted by Crippen LogP contribution is -2.35. The molecule has 0 saturated heterocycles. The molecule has 0 spiro atoms. The summed E-state index contributed by atoms with van der Waals surface area (Å²) in [6, 6.07) is 17.0. The maximum absolute atomic E-state index is 12.5. The normalized spacial score (nSPS) is 11.7. The van der Waals surface area contributed by atoms with Crippen molar-refractivity contribution in [3.05, 3.63) is 59.7 Å². The van der Waals surface area contributed by atoms with E-state index in [2.05, 4.69) is 106 Å². The second-order valence-electron chi connectivity index (χ2n) is 9.17. The topological polar surface area (TPSA) is 59.8 Å². The number of hydrogen-bond donors (Lipinski definition) is 1. The van der Waals surface area contributed by atoms with Crippen LogP contribution in [0.3, 0.4) is 0 Å². The lowest BCUT2D eigenvalue weighted by molar-refractivity contribution is -0.119. The van der Waals surface area contributed by atoms with Gasteiger partial charge in [-0.25, -0.2) is 0 Å². The average Bonchev–Trinajstić information content (AvgIpc) is 3.20. The van der Waals surface area contributed by atoms with E-state index in [4.69, 9.17) is 0 Å². The quantitative estimate of drug-likeness (QED) is 0.432. The summed E-state index contributed by atoms with van der Waals surface area (Å²) in [4.78, 5) is 12.5. The van der Waals surface area contributed by atoms with Crippen LogP contribution in [-0.4, -0.2) is 32.5 Å². The van der Waals surface area contributed by atoms with Crippen molar-refractivity contribution in [2.75, 3.05) is 5.75 Å². The van der Waals surface area contributed by atoms with Gasteiger partial charge in [0.2, 0.25) is 5.91 Å². The van der Waals surface area contributed by atoms with Crippen LogP contribution in [0.25, 0.3) is 17.1 Å². The molecule has 0 aliphatic rings. The molecule has 3 rings (SSSR count). The number of amides is 1. The molecule has 5 nitrogen and oxygen atoms in total. The van der Waals surface area contributed by atoms with Gasteiger partial charge in [-0.3, -0.25) is 9.36 Å². The van der Waals surface area contributed by atoms with Crippen LogP contribution in [0.5, 0.6) is 0 Å². The maximum atomic E-state index is 12.5. The summed E-state index contributed by atoms with van der Waals surface area (Å²) >= 11 is 1.42. The molecule has 2 aromatic carbocycles. The molecule has 1 heterocycles. The van der Waals surface area contributed by atoms with E-state index < -0.39 is 0 Å². The number of rotatable bonds is 8. The van der Waals surface area contributed by atoms with Crippen LogP contribution in [0.2, 0.25) is 0 Å². The van der Waals surface area contributed by atoms with Crippen molar-refractivity contribution in [2.24, 2.45) is 0 Å². The third kappa shape index (κ3) is 5.80. The lowest BCUT2D eigenvalue weighted by atomic mass is 9.87. The van der Waals surface area contributed by atoms with Crippen LogP contribution in [0, 0.1) is 6.92 Å². The summed E-state index contributed by atoms with van der Waals surface area (Å²) in [6.07, 6.45) is 1.86. The number of nitrogens with one attached hydrogen (secondary N) is 1. The molecule has 0 bridgehead atoms. The minimum atomic E-state index is 0.0261. The molecule has 0 fully saturated rings. The van der Waals surface area contributed by atoms with Crippen LogP contribution in [0.15, 0.2) is 53.7 Å². The minimum Gasteiger partial charge on any atom is -0.353 e. The SMILES string of the molecule is CCC(CC)NC(=O)CSc1nnc(-c2ccc(C(C)(C)C)cc2)n1-c1ccc(C)cc1. The molecule has 6 heteroatoms. The van der Waals surface area contributed by atoms with Gasteiger partial charge >= 0.3 is 0 Å². The number of carbonyl (C=O) groups is 1. The van der Waals surface area contributed by atoms with E-state index in [9.17, 15) is 4.79 Å². The highest BCUT2D eigenvalue weighted by atomic mass is 32.2. The third-order valence-corrected chi connectivity index (χ3v) is 6.55. The number of aryl methyl sites for hydroxylation is 1. The van der Waals surface area contributed by atoms with Gasteiger partial charge in [0, 0.05) is 17.3 Å². The second-order valence-corrected chi connectivity index (χ2v) is 10.1. The molecule has 1 amide bonds. The fourth-order valence-electron chi connectivity index (χ4n) is 3.49. The third-order valence-electron chi connectivity index (χ3n) is 5.62. The second kappa shape index (κ2) is 10.3. The van der Waals surface area contributed by atoms with Gasteiger partial charge in [-0.2, -0.15) is 0 Å². The lowest BCUT2D eigenvalue weighted by Gasteiger charge is -2.19. The average molecular weight is 451 g/mol. The van der Waals surface area contributed by atoms with Gasteiger partial charge in [0.15, 0.2) is 11.0 Å². The number of hydrogen-bond acceptors (Lipinski definition) is 4. The minimum absolute atomic E-state index is 0.0261. The van der Waals surface area contributed by atoms with Gasteiger partial charge in [0.1, 0.15) is 0 Å². The molecule has 1 N–H and O–H groups in total. The zero-order chi connectivity index (χ0) is 23.3. The van der Waals surface area contributed by atoms with Gasteiger partial charge in [-0.15, -0.1) is 10.2 Å². The Labute approximate surface area is 196 Å². The van der Waals surface area contributed by atoms with Gasteiger partial charge in [0.25, 0.3) is 0 Å². The van der Waals surface area contributed by atoms with Crippen molar-refractivity contribution in [2.45, 2.75) is 71.0 Å². The van der Waals surface area contributed by atoms with E-state index in [1.807, 2.05) is 4.57 Å². The molecule has 32 heavy (non-hydrogen) atoms. The fraction of sp³-hybridized carbons (Fsp3) is 0.423. The Morgan fingerprint density at radius 2 is 1.62 bits per heavy atom. The number of benzene rings is 2. The Hall–Kier alpha value is -2.60. The number of thioether (sulfide) groups is 1. The first kappa shape index (κ1) is 24.1. The first-order chi connectivity index (χ1) is 15.2. The highest BCUT2D eigenvalue weighted by Gasteiger charge is 2.19. The number of carbonyl (C=O) groups excluding carboxylic acids is 1. The van der Waals surface area contributed by atoms with Crippen LogP contribution >= 0.6 is 11.8 Å². The summed E-state index contributed by atoms with van der Waals surface area (Å²) in [7, 11) is 0. The zero-order valence-electron chi connectivity index (χ0n) is 20.0. The molecule has 0 aliphatic heterocycles. The zero-order valence-corrected chi connectivity index (χ0v) is 20.8. The highest BCUT2D eigenvalue weighted by molar-refractivity contribution is 7.99. The van der Waals surface area contributed by atoms with Crippen molar-refractivity contribution < 1.29 is 4.79 Å². The Morgan fingerprint density at radius 1 is 1.00 bits per heavy atom. The first-order valence-corrected chi connectivity index (χ1v) is 12.3. The molecule has 170 valence electrons. The van der Waals surface area contributed by atoms with Gasteiger partial charge < -0.3 is 5.32 Å². The summed E-state index contributed by atoms with van der Waals surface area (Å²) in [5, 5.41) is 12.8. The van der Waals surface area contributed by atoms with Crippen molar-refractivity contribution >= 4 is 17.7 Å². The summed E-state index contributed by atoms with van der Waals surface area (Å²) < 4.78 is 2.04. The smallest absolute Gasteiger partial charge is 0.230 e. The summed E-state index contributed by atoms with van der Waals surface area (Å²) in [5.41, 5.74) is 4.54. The fourth-order valence-corrected chi connectivity index (χ4v) is 4.25. The molecule has 1 aromatic heterocycles. The monoisotopic (exact) mass is 450 g/mol. The van der Waals surface area contributed by atoms with Crippen molar-refractivity contribution in [3.63, 3.8) is 0 Å². The highest BCUT2D eigenvalue weighted by Crippen LogP contribution is 2.30. The van der Waals surface area contributed by atoms with Crippen LogP contribution in [0.1, 0.15) is 58.6 Å². The van der Waals surface area contributed by atoms with Crippen LogP contribution in [-0.2, 0) is 10.2 Å². The molecule has 0 aliphatic carbocycles. The van der Waals surface area contributed by atoms with Crippen molar-refractivity contribution in [1.82, 2.24) is 20.1 Å². The first-order valence-electron chi connectivity index (χ1n) is 11.3. The summed E-state index contributed by atoms with van der Waals surface area (Å²) in [5.74, 6) is 1.11. The molecular formula is C26H34N4OS. The number of aromatic nitrogens is 3. The van der Waals surface area contributed by atoms with E-state index in [-0.39, 0.29) is 17.4 Å². The van der Waals surface area contributed by atoms with Gasteiger partial charge in [0.05, 0.1) is 5.75 Å². The van der Waals surface area contributed by atoms with Crippen LogP contribution < -0.4 is 5.32 Å². The molecule has 0 unspecified atom stereocenters. The molecular weight excluding hydrogens is 416 g/mol. The van der Waals surface area contributed by atoms with Crippen LogP contribution in [0.4, 0.5) is 0 Å². The standard InChI is InChI=1S/C26H34N4OS/c1-7-21(8-2)27-23(31)17-32-25-29-28-24(30(25)22-15-9-18(3)10-16-22)19-11-13-20(14-12-19)26(4,5)6/h9-16,21H,7-8,17H2,1-6H3,(H,27,31). The Balaban J connectivity index is 1.92. The molecule has 0 radical (unpaired) electrons. The van der Waals surface area contributed by atoms with E-state index in [0.717, 1.165) is 29.9 Å². The van der Waals surface area contributed by atoms with Gasteiger partial charge in [-0.1, -0.05) is 88.3 Å². The van der Waals surface area contributed by atoms with E-state index >= 15 is 0 Å². The predicted octanol–water partition coefficient (Wildman–Crippen LogP) is 5.94. The molecule has 0 saturated carbocycles. The molecule has 0 atom stereocenters. The van der Waals surface area contributed by atoms with E-state index in [0.29, 0.717) is 10.9 Å². The number of nitrogens with zero attached hydrogens (tertiary/aromatic N) is 3.